The van der Waals surface area contributed by atoms with Gasteiger partial charge in [-0.05, 0) is 68.2 Å². The normalized spacial score (nSPS) is 14.7. The van der Waals surface area contributed by atoms with E-state index in [2.05, 4.69) is 49.3 Å². The molecule has 3 aromatic rings. The van der Waals surface area contributed by atoms with E-state index in [1.165, 1.54) is 5.56 Å². The molecule has 0 spiro atoms. The maximum Gasteiger partial charge on any atom is 0.272 e. The molecule has 7 heteroatoms. The number of fused-ring (bicyclic) bond motifs is 1. The summed E-state index contributed by atoms with van der Waals surface area (Å²) in [5.74, 6) is 0.511. The van der Waals surface area contributed by atoms with Gasteiger partial charge in [-0.2, -0.15) is 0 Å². The van der Waals surface area contributed by atoms with Crippen LogP contribution >= 0.6 is 0 Å². The van der Waals surface area contributed by atoms with E-state index < -0.39 is 0 Å². The Hall–Kier alpha value is -3.06. The summed E-state index contributed by atoms with van der Waals surface area (Å²) in [6.07, 6.45) is 4.57. The van der Waals surface area contributed by atoms with Crippen LogP contribution in [0, 0.1) is 0 Å². The highest BCUT2D eigenvalue weighted by atomic mass is 16.2. The van der Waals surface area contributed by atoms with E-state index in [1.54, 1.807) is 18.3 Å². The lowest BCUT2D eigenvalue weighted by Crippen LogP contribution is -2.43. The molecule has 0 unspecified atom stereocenters. The van der Waals surface area contributed by atoms with Crippen molar-refractivity contribution in [3.05, 3.63) is 59.9 Å². The standard InChI is InChI=1S/C21H24N6O/c28-21(25-17-8-11-22-12-9-17)19-5-6-20(27-26-19)24-13-7-15-3-4-18-16(14-15)2-1-10-23-18/h1-6,10,14,17,22H,7-9,11-13H2,(H,24,27)(H,25,28). The number of anilines is 1. The summed E-state index contributed by atoms with van der Waals surface area (Å²) in [6, 6.07) is 14.0. The lowest BCUT2D eigenvalue weighted by molar-refractivity contribution is 0.0923. The number of aromatic nitrogens is 3. The Balaban J connectivity index is 1.28. The Labute approximate surface area is 164 Å². The minimum atomic E-state index is -0.157. The van der Waals surface area contributed by atoms with Crippen molar-refractivity contribution in [3.63, 3.8) is 0 Å². The van der Waals surface area contributed by atoms with Crippen LogP contribution in [0.3, 0.4) is 0 Å². The van der Waals surface area contributed by atoms with Gasteiger partial charge < -0.3 is 16.0 Å². The van der Waals surface area contributed by atoms with E-state index in [-0.39, 0.29) is 11.9 Å². The number of amides is 1. The third-order valence-corrected chi connectivity index (χ3v) is 4.96. The topological polar surface area (TPSA) is 91.8 Å². The quantitative estimate of drug-likeness (QED) is 0.611. The van der Waals surface area contributed by atoms with Crippen molar-refractivity contribution < 1.29 is 4.79 Å². The molecule has 28 heavy (non-hydrogen) atoms. The molecule has 0 radical (unpaired) electrons. The van der Waals surface area contributed by atoms with Gasteiger partial charge in [0, 0.05) is 24.2 Å². The monoisotopic (exact) mass is 376 g/mol. The van der Waals surface area contributed by atoms with E-state index in [9.17, 15) is 4.79 Å². The summed E-state index contributed by atoms with van der Waals surface area (Å²) in [5, 5.41) is 18.9. The summed E-state index contributed by atoms with van der Waals surface area (Å²) < 4.78 is 0. The van der Waals surface area contributed by atoms with Crippen LogP contribution in [-0.2, 0) is 6.42 Å². The van der Waals surface area contributed by atoms with Gasteiger partial charge in [-0.25, -0.2) is 0 Å². The van der Waals surface area contributed by atoms with Crippen molar-refractivity contribution in [1.82, 2.24) is 25.8 Å². The number of pyridine rings is 1. The molecule has 0 atom stereocenters. The zero-order valence-electron chi connectivity index (χ0n) is 15.7. The van der Waals surface area contributed by atoms with E-state index in [0.29, 0.717) is 11.5 Å². The largest absolute Gasteiger partial charge is 0.368 e. The third-order valence-electron chi connectivity index (χ3n) is 4.96. The molecule has 1 aliphatic rings. The second kappa shape index (κ2) is 8.75. The molecule has 0 aliphatic carbocycles. The Bertz CT molecular complexity index is 937. The predicted octanol–water partition coefficient (Wildman–Crippen LogP) is 2.16. The van der Waals surface area contributed by atoms with E-state index in [0.717, 1.165) is 49.8 Å². The summed E-state index contributed by atoms with van der Waals surface area (Å²) in [6.45, 7) is 2.61. The molecule has 1 aliphatic heterocycles. The molecule has 2 aromatic heterocycles. The van der Waals surface area contributed by atoms with Gasteiger partial charge in [-0.1, -0.05) is 12.1 Å². The fraction of sp³-hybridized carbons (Fsp3) is 0.333. The lowest BCUT2D eigenvalue weighted by Gasteiger charge is -2.23. The van der Waals surface area contributed by atoms with Crippen molar-refractivity contribution in [2.24, 2.45) is 0 Å². The number of nitrogens with zero attached hydrogens (tertiary/aromatic N) is 3. The second-order valence-corrected chi connectivity index (χ2v) is 7.01. The van der Waals surface area contributed by atoms with Gasteiger partial charge in [0.15, 0.2) is 5.69 Å². The second-order valence-electron chi connectivity index (χ2n) is 7.01. The fourth-order valence-corrected chi connectivity index (χ4v) is 3.39. The van der Waals surface area contributed by atoms with Crippen molar-refractivity contribution in [2.75, 3.05) is 25.0 Å². The Kier molecular flexibility index (Phi) is 5.72. The van der Waals surface area contributed by atoms with E-state index in [1.807, 2.05) is 12.1 Å². The first kappa shape index (κ1) is 18.3. The molecular formula is C21H24N6O. The van der Waals surface area contributed by atoms with Crippen LogP contribution in [0.5, 0.6) is 0 Å². The molecule has 144 valence electrons. The molecule has 3 heterocycles. The van der Waals surface area contributed by atoms with Crippen LogP contribution in [0.15, 0.2) is 48.7 Å². The number of carbonyl (C=O) groups is 1. The number of carbonyl (C=O) groups excluding carboxylic acids is 1. The summed E-state index contributed by atoms with van der Waals surface area (Å²) in [5.41, 5.74) is 2.59. The van der Waals surface area contributed by atoms with Crippen molar-refractivity contribution >= 4 is 22.6 Å². The van der Waals surface area contributed by atoms with Gasteiger partial charge in [0.2, 0.25) is 0 Å². The molecule has 1 saturated heterocycles. The summed E-state index contributed by atoms with van der Waals surface area (Å²) >= 11 is 0. The third kappa shape index (κ3) is 4.61. The number of hydrogen-bond acceptors (Lipinski definition) is 6. The zero-order valence-corrected chi connectivity index (χ0v) is 15.7. The van der Waals surface area contributed by atoms with Gasteiger partial charge >= 0.3 is 0 Å². The predicted molar refractivity (Wildman–Crippen MR) is 109 cm³/mol. The Morgan fingerprint density at radius 2 is 2.00 bits per heavy atom. The van der Waals surface area contributed by atoms with Gasteiger partial charge in [0.05, 0.1) is 5.52 Å². The summed E-state index contributed by atoms with van der Waals surface area (Å²) in [4.78, 5) is 16.6. The first-order valence-electron chi connectivity index (χ1n) is 9.71. The smallest absolute Gasteiger partial charge is 0.272 e. The molecule has 3 N–H and O–H groups in total. The van der Waals surface area contributed by atoms with Crippen molar-refractivity contribution in [3.8, 4) is 0 Å². The number of hydrogen-bond donors (Lipinski definition) is 3. The Morgan fingerprint density at radius 1 is 1.11 bits per heavy atom. The fourth-order valence-electron chi connectivity index (χ4n) is 3.39. The van der Waals surface area contributed by atoms with Crippen LogP contribution < -0.4 is 16.0 Å². The first-order valence-corrected chi connectivity index (χ1v) is 9.71. The zero-order chi connectivity index (χ0) is 19.2. The molecular weight excluding hydrogens is 352 g/mol. The van der Waals surface area contributed by atoms with Crippen LogP contribution in [0.1, 0.15) is 28.9 Å². The molecule has 0 saturated carbocycles. The molecule has 0 bridgehead atoms. The SMILES string of the molecule is O=C(NC1CCNCC1)c1ccc(NCCc2ccc3ncccc3c2)nn1. The number of nitrogens with one attached hydrogen (secondary N) is 3. The molecule has 1 fully saturated rings. The minimum Gasteiger partial charge on any atom is -0.368 e. The highest BCUT2D eigenvalue weighted by Gasteiger charge is 2.17. The van der Waals surface area contributed by atoms with Crippen molar-refractivity contribution in [2.45, 2.75) is 25.3 Å². The molecule has 1 amide bonds. The van der Waals surface area contributed by atoms with Gasteiger partial charge in [-0.15, -0.1) is 10.2 Å². The van der Waals surface area contributed by atoms with Crippen LogP contribution in [0.2, 0.25) is 0 Å². The maximum absolute atomic E-state index is 12.3. The maximum atomic E-state index is 12.3. The summed E-state index contributed by atoms with van der Waals surface area (Å²) in [7, 11) is 0. The molecule has 4 rings (SSSR count). The highest BCUT2D eigenvalue weighted by Crippen LogP contribution is 2.14. The number of piperidine rings is 1. The van der Waals surface area contributed by atoms with Gasteiger partial charge in [0.1, 0.15) is 5.82 Å². The highest BCUT2D eigenvalue weighted by molar-refractivity contribution is 5.92. The van der Waals surface area contributed by atoms with Crippen LogP contribution in [0.4, 0.5) is 5.82 Å². The molecule has 7 nitrogen and oxygen atoms in total. The van der Waals surface area contributed by atoms with E-state index in [4.69, 9.17) is 0 Å². The first-order chi connectivity index (χ1) is 13.8. The van der Waals surface area contributed by atoms with Crippen LogP contribution in [-0.4, -0.2) is 46.8 Å². The average Bonchev–Trinajstić information content (AvgIpc) is 2.75. The average molecular weight is 376 g/mol. The van der Waals surface area contributed by atoms with Crippen molar-refractivity contribution in [1.29, 1.82) is 0 Å². The molecule has 1 aromatic carbocycles. The Morgan fingerprint density at radius 3 is 2.82 bits per heavy atom. The number of rotatable bonds is 6. The van der Waals surface area contributed by atoms with E-state index >= 15 is 0 Å². The van der Waals surface area contributed by atoms with Crippen LogP contribution in [0.25, 0.3) is 10.9 Å². The minimum absolute atomic E-state index is 0.157. The van der Waals surface area contributed by atoms with Gasteiger partial charge in [-0.3, -0.25) is 9.78 Å². The number of benzene rings is 1. The lowest BCUT2D eigenvalue weighted by atomic mass is 10.1. The van der Waals surface area contributed by atoms with Gasteiger partial charge in [0.25, 0.3) is 5.91 Å².